The lowest BCUT2D eigenvalue weighted by molar-refractivity contribution is -0.122. The summed E-state index contributed by atoms with van der Waals surface area (Å²) in [4.78, 5) is 14.2. The normalized spacial score (nSPS) is 31.1. The first kappa shape index (κ1) is 12.8. The molecule has 0 saturated carbocycles. The molecule has 0 aromatic carbocycles. The van der Waals surface area contributed by atoms with Gasteiger partial charge in [-0.2, -0.15) is 0 Å². The minimum absolute atomic E-state index is 0.227. The van der Waals surface area contributed by atoms with Crippen molar-refractivity contribution in [2.75, 3.05) is 26.7 Å². The minimum Gasteiger partial charge on any atom is -0.352 e. The maximum Gasteiger partial charge on any atom is 0.221 e. The van der Waals surface area contributed by atoms with Crippen molar-refractivity contribution in [2.45, 2.75) is 50.6 Å². The van der Waals surface area contributed by atoms with Gasteiger partial charge in [-0.15, -0.1) is 0 Å². The molecule has 4 nitrogen and oxygen atoms in total. The Hall–Kier alpha value is -0.610. The monoisotopic (exact) mass is 239 g/mol. The summed E-state index contributed by atoms with van der Waals surface area (Å²) >= 11 is 0. The van der Waals surface area contributed by atoms with Crippen LogP contribution in [0, 0.1) is 0 Å². The molecule has 0 radical (unpaired) electrons. The van der Waals surface area contributed by atoms with Crippen molar-refractivity contribution in [3.05, 3.63) is 0 Å². The summed E-state index contributed by atoms with van der Waals surface area (Å²) in [6.07, 6.45) is 6.65. The molecule has 0 bridgehead atoms. The zero-order chi connectivity index (χ0) is 12.1. The minimum atomic E-state index is 0.227. The average molecular weight is 239 g/mol. The van der Waals surface area contributed by atoms with Gasteiger partial charge in [-0.3, -0.25) is 4.79 Å². The van der Waals surface area contributed by atoms with Crippen LogP contribution in [0.15, 0.2) is 0 Å². The molecular weight excluding hydrogens is 214 g/mol. The van der Waals surface area contributed by atoms with Crippen molar-refractivity contribution in [2.24, 2.45) is 0 Å². The van der Waals surface area contributed by atoms with E-state index in [1.165, 1.54) is 19.3 Å². The molecule has 2 N–H and O–H groups in total. The second-order valence-corrected chi connectivity index (χ2v) is 5.52. The Balaban J connectivity index is 1.68. The summed E-state index contributed by atoms with van der Waals surface area (Å²) in [6.45, 7) is 3.24. The summed E-state index contributed by atoms with van der Waals surface area (Å²) < 4.78 is 0. The van der Waals surface area contributed by atoms with Gasteiger partial charge in [0.2, 0.25) is 5.91 Å². The SMILES string of the molecule is CN1CCCC(NC(=O)CC2CCCCN2)C1. The number of likely N-dealkylation sites (tertiary alicyclic amines) is 1. The smallest absolute Gasteiger partial charge is 0.221 e. The lowest BCUT2D eigenvalue weighted by atomic mass is 10.0. The first-order valence-electron chi connectivity index (χ1n) is 6.95. The van der Waals surface area contributed by atoms with Crippen LogP contribution in [0.3, 0.4) is 0 Å². The van der Waals surface area contributed by atoms with E-state index in [0.717, 1.165) is 32.5 Å². The third-order valence-electron chi connectivity index (χ3n) is 3.83. The Bertz CT molecular complexity index is 251. The number of carbonyl (C=O) groups is 1. The fraction of sp³-hybridized carbons (Fsp3) is 0.923. The lowest BCUT2D eigenvalue weighted by Gasteiger charge is -2.31. The molecular formula is C13H25N3O. The maximum atomic E-state index is 11.9. The van der Waals surface area contributed by atoms with E-state index in [1.807, 2.05) is 0 Å². The molecule has 0 spiro atoms. The molecule has 2 unspecified atom stereocenters. The molecule has 2 rings (SSSR count). The van der Waals surface area contributed by atoms with Crippen molar-refractivity contribution in [3.8, 4) is 0 Å². The molecule has 2 aliphatic rings. The van der Waals surface area contributed by atoms with E-state index in [1.54, 1.807) is 0 Å². The predicted molar refractivity (Wildman–Crippen MR) is 68.9 cm³/mol. The maximum absolute atomic E-state index is 11.9. The lowest BCUT2D eigenvalue weighted by Crippen LogP contribution is -2.48. The topological polar surface area (TPSA) is 44.4 Å². The van der Waals surface area contributed by atoms with Crippen LogP contribution in [0.1, 0.15) is 38.5 Å². The molecule has 2 atom stereocenters. The van der Waals surface area contributed by atoms with Crippen LogP contribution in [0.4, 0.5) is 0 Å². The zero-order valence-electron chi connectivity index (χ0n) is 10.9. The van der Waals surface area contributed by atoms with Crippen molar-refractivity contribution in [1.29, 1.82) is 0 Å². The third-order valence-corrected chi connectivity index (χ3v) is 3.83. The molecule has 2 heterocycles. The molecule has 98 valence electrons. The molecule has 0 aromatic rings. The number of amides is 1. The molecule has 1 amide bonds. The largest absolute Gasteiger partial charge is 0.352 e. The molecule has 0 aliphatic carbocycles. The first-order chi connectivity index (χ1) is 8.24. The van der Waals surface area contributed by atoms with Crippen LogP contribution in [0.2, 0.25) is 0 Å². The Morgan fingerprint density at radius 2 is 2.24 bits per heavy atom. The third kappa shape index (κ3) is 4.28. The molecule has 2 aliphatic heterocycles. The van der Waals surface area contributed by atoms with E-state index >= 15 is 0 Å². The number of nitrogens with one attached hydrogen (secondary N) is 2. The molecule has 4 heteroatoms. The van der Waals surface area contributed by atoms with Crippen molar-refractivity contribution in [1.82, 2.24) is 15.5 Å². The van der Waals surface area contributed by atoms with Gasteiger partial charge in [-0.1, -0.05) is 6.42 Å². The summed E-state index contributed by atoms with van der Waals surface area (Å²) in [7, 11) is 2.13. The number of rotatable bonds is 3. The van der Waals surface area contributed by atoms with Crippen LogP contribution in [-0.2, 0) is 4.79 Å². The van der Waals surface area contributed by atoms with Gasteiger partial charge in [0.1, 0.15) is 0 Å². The number of nitrogens with zero attached hydrogens (tertiary/aromatic N) is 1. The Morgan fingerprint density at radius 1 is 1.35 bits per heavy atom. The van der Waals surface area contributed by atoms with Gasteiger partial charge in [-0.05, 0) is 45.8 Å². The van der Waals surface area contributed by atoms with Crippen molar-refractivity contribution in [3.63, 3.8) is 0 Å². The number of piperidine rings is 2. The molecule has 0 aromatic heterocycles. The van der Waals surface area contributed by atoms with Crippen LogP contribution >= 0.6 is 0 Å². The van der Waals surface area contributed by atoms with Crippen LogP contribution in [-0.4, -0.2) is 49.6 Å². The number of hydrogen-bond donors (Lipinski definition) is 2. The van der Waals surface area contributed by atoms with Gasteiger partial charge < -0.3 is 15.5 Å². The van der Waals surface area contributed by atoms with E-state index in [9.17, 15) is 4.79 Å². The summed E-state index contributed by atoms with van der Waals surface area (Å²) in [6, 6.07) is 0.773. The highest BCUT2D eigenvalue weighted by Crippen LogP contribution is 2.11. The van der Waals surface area contributed by atoms with Crippen LogP contribution in [0.5, 0.6) is 0 Å². The molecule has 2 saturated heterocycles. The zero-order valence-corrected chi connectivity index (χ0v) is 10.9. The van der Waals surface area contributed by atoms with Crippen molar-refractivity contribution >= 4 is 5.91 Å². The number of hydrogen-bond acceptors (Lipinski definition) is 3. The second-order valence-electron chi connectivity index (χ2n) is 5.52. The Kier molecular flexibility index (Phi) is 4.80. The van der Waals surface area contributed by atoms with Gasteiger partial charge >= 0.3 is 0 Å². The number of carbonyl (C=O) groups excluding carboxylic acids is 1. The molecule has 2 fully saturated rings. The quantitative estimate of drug-likeness (QED) is 0.763. The second kappa shape index (κ2) is 6.36. The standard InChI is InChI=1S/C13H25N3O/c1-16-8-4-6-12(10-16)15-13(17)9-11-5-2-3-7-14-11/h11-12,14H,2-10H2,1H3,(H,15,17). The fourth-order valence-corrected chi connectivity index (χ4v) is 2.89. The van der Waals surface area contributed by atoms with Gasteiger partial charge in [-0.25, -0.2) is 0 Å². The summed E-state index contributed by atoms with van der Waals surface area (Å²) in [5.41, 5.74) is 0. The molecule has 17 heavy (non-hydrogen) atoms. The van der Waals surface area contributed by atoms with E-state index in [4.69, 9.17) is 0 Å². The average Bonchev–Trinajstić information content (AvgIpc) is 2.30. The van der Waals surface area contributed by atoms with E-state index in [2.05, 4.69) is 22.6 Å². The first-order valence-corrected chi connectivity index (χ1v) is 6.95. The van der Waals surface area contributed by atoms with Gasteiger partial charge in [0.25, 0.3) is 0 Å². The van der Waals surface area contributed by atoms with Crippen LogP contribution in [0.25, 0.3) is 0 Å². The van der Waals surface area contributed by atoms with Gasteiger partial charge in [0.05, 0.1) is 0 Å². The Labute approximate surface area is 104 Å². The summed E-state index contributed by atoms with van der Waals surface area (Å²) in [5.74, 6) is 0.227. The predicted octanol–water partition coefficient (Wildman–Crippen LogP) is 0.729. The fourth-order valence-electron chi connectivity index (χ4n) is 2.89. The van der Waals surface area contributed by atoms with Gasteiger partial charge in [0, 0.05) is 25.0 Å². The number of likely N-dealkylation sites (N-methyl/N-ethyl adjacent to an activating group) is 1. The van der Waals surface area contributed by atoms with Gasteiger partial charge in [0.15, 0.2) is 0 Å². The highest BCUT2D eigenvalue weighted by molar-refractivity contribution is 5.76. The van der Waals surface area contributed by atoms with Crippen LogP contribution < -0.4 is 10.6 Å². The Morgan fingerprint density at radius 3 is 2.94 bits per heavy atom. The highest BCUT2D eigenvalue weighted by atomic mass is 16.1. The highest BCUT2D eigenvalue weighted by Gasteiger charge is 2.21. The van der Waals surface area contributed by atoms with Crippen molar-refractivity contribution < 1.29 is 4.79 Å². The summed E-state index contributed by atoms with van der Waals surface area (Å²) in [5, 5.41) is 6.60. The van der Waals surface area contributed by atoms with E-state index in [-0.39, 0.29) is 5.91 Å². The van der Waals surface area contributed by atoms with E-state index in [0.29, 0.717) is 18.5 Å². The van der Waals surface area contributed by atoms with E-state index < -0.39 is 0 Å².